The molecule has 0 saturated heterocycles. The number of rotatable bonds is 13. The Balaban J connectivity index is 2.30. The number of fused-ring (bicyclic) bond motifs is 1. The van der Waals surface area contributed by atoms with E-state index in [0.29, 0.717) is 12.5 Å². The van der Waals surface area contributed by atoms with Crippen molar-refractivity contribution in [3.63, 3.8) is 0 Å². The van der Waals surface area contributed by atoms with Crippen LogP contribution in [0.15, 0.2) is 33.5 Å². The van der Waals surface area contributed by atoms with E-state index in [1.807, 2.05) is 41.5 Å². The third-order valence-electron chi connectivity index (χ3n) is 6.40. The summed E-state index contributed by atoms with van der Waals surface area (Å²) < 4.78 is 45.1. The number of carbonyl (C=O) groups excluding carboxylic acids is 4. The van der Waals surface area contributed by atoms with Crippen LogP contribution in [0.1, 0.15) is 73.3 Å². The fraction of sp³-hybridized carbons (Fsp3) is 0.567. The first-order chi connectivity index (χ1) is 19.9. The maximum Gasteiger partial charge on any atom is 0.417 e. The number of carbonyl (C=O) groups is 4. The molecule has 1 aromatic carbocycles. The summed E-state index contributed by atoms with van der Waals surface area (Å²) in [6.45, 7) is 12.5. The molecule has 0 aliphatic heterocycles. The third kappa shape index (κ3) is 11.0. The van der Waals surface area contributed by atoms with Gasteiger partial charge in [0.25, 0.3) is 0 Å². The number of hydrogen-bond acceptors (Lipinski definition) is 6. The van der Waals surface area contributed by atoms with Gasteiger partial charge in [-0.2, -0.15) is 13.2 Å². The second kappa shape index (κ2) is 15.0. The van der Waals surface area contributed by atoms with E-state index in [1.54, 1.807) is 0 Å². The Morgan fingerprint density at radius 1 is 0.744 bits per heavy atom. The smallest absolute Gasteiger partial charge is 0.417 e. The van der Waals surface area contributed by atoms with Gasteiger partial charge in [-0.25, -0.2) is 4.79 Å². The minimum atomic E-state index is -4.79. The molecule has 2 aromatic rings. The van der Waals surface area contributed by atoms with Crippen molar-refractivity contribution in [1.29, 1.82) is 0 Å². The lowest BCUT2D eigenvalue weighted by Gasteiger charge is -2.27. The molecule has 0 aliphatic rings. The van der Waals surface area contributed by atoms with Gasteiger partial charge in [0.15, 0.2) is 0 Å². The van der Waals surface area contributed by atoms with Crippen LogP contribution < -0.4 is 26.9 Å². The summed E-state index contributed by atoms with van der Waals surface area (Å²) in [5.41, 5.74) is -2.66. The zero-order valence-electron chi connectivity index (χ0n) is 25.5. The molecule has 4 N–H and O–H groups in total. The third-order valence-corrected chi connectivity index (χ3v) is 6.40. The van der Waals surface area contributed by atoms with Crippen LogP contribution in [0, 0.1) is 17.8 Å². The number of benzene rings is 1. The van der Waals surface area contributed by atoms with Crippen LogP contribution in [-0.4, -0.2) is 41.8 Å². The maximum absolute atomic E-state index is 13.4. The maximum atomic E-state index is 13.4. The van der Waals surface area contributed by atoms with E-state index in [2.05, 4.69) is 21.3 Å². The normalized spacial score (nSPS) is 14.0. The molecule has 0 fully saturated rings. The van der Waals surface area contributed by atoms with Crippen molar-refractivity contribution >= 4 is 40.3 Å². The summed E-state index contributed by atoms with van der Waals surface area (Å²) in [5.74, 6) is -2.14. The first-order valence-corrected chi connectivity index (χ1v) is 14.2. The number of anilines is 1. The average Bonchev–Trinajstić information content (AvgIpc) is 2.85. The molecule has 43 heavy (non-hydrogen) atoms. The topological polar surface area (TPSA) is 147 Å². The molecule has 0 radical (unpaired) electrons. The van der Waals surface area contributed by atoms with Crippen molar-refractivity contribution in [2.24, 2.45) is 17.8 Å². The molecule has 3 atom stereocenters. The van der Waals surface area contributed by atoms with E-state index < -0.39 is 53.2 Å². The second-order valence-corrected chi connectivity index (χ2v) is 11.9. The minimum absolute atomic E-state index is 0.00779. The van der Waals surface area contributed by atoms with Gasteiger partial charge >= 0.3 is 11.8 Å². The van der Waals surface area contributed by atoms with E-state index in [4.69, 9.17) is 4.42 Å². The fourth-order valence-corrected chi connectivity index (χ4v) is 4.60. The Labute approximate surface area is 248 Å². The molecule has 1 aromatic heterocycles. The van der Waals surface area contributed by atoms with Gasteiger partial charge in [-0.3, -0.25) is 19.2 Å². The van der Waals surface area contributed by atoms with Gasteiger partial charge in [-0.15, -0.1) is 0 Å². The Kier molecular flexibility index (Phi) is 12.3. The van der Waals surface area contributed by atoms with Crippen molar-refractivity contribution in [1.82, 2.24) is 16.0 Å². The van der Waals surface area contributed by atoms with Gasteiger partial charge in [0.05, 0.1) is 5.56 Å². The number of alkyl halides is 3. The summed E-state index contributed by atoms with van der Waals surface area (Å²) in [6.07, 6.45) is -3.96. The Bertz CT molecular complexity index is 1370. The monoisotopic (exact) mass is 610 g/mol. The zero-order chi connectivity index (χ0) is 32.6. The first-order valence-electron chi connectivity index (χ1n) is 14.2. The highest BCUT2D eigenvalue weighted by atomic mass is 19.4. The SMILES string of the molecule is CC(=O)NC(CC(C)C)C(=O)NC(CC(C)C)C(=O)NC(CC(C)C)C(=O)Nc1ccc2c(C(F)(F)F)cc(=O)oc2c1. The summed E-state index contributed by atoms with van der Waals surface area (Å²) in [7, 11) is 0. The molecule has 0 bridgehead atoms. The van der Waals surface area contributed by atoms with Gasteiger partial charge in [0.2, 0.25) is 23.6 Å². The quantitative estimate of drug-likeness (QED) is 0.248. The molecule has 238 valence electrons. The van der Waals surface area contributed by atoms with Crippen LogP contribution in [0.2, 0.25) is 0 Å². The van der Waals surface area contributed by atoms with Gasteiger partial charge in [0, 0.05) is 30.1 Å². The van der Waals surface area contributed by atoms with Gasteiger partial charge in [-0.05, 0) is 49.1 Å². The van der Waals surface area contributed by atoms with Crippen molar-refractivity contribution < 1.29 is 36.8 Å². The summed E-state index contributed by atoms with van der Waals surface area (Å²) >= 11 is 0. The number of nitrogens with one attached hydrogen (secondary N) is 4. The van der Waals surface area contributed by atoms with Crippen molar-refractivity contribution in [2.75, 3.05) is 5.32 Å². The van der Waals surface area contributed by atoms with Crippen molar-refractivity contribution in [2.45, 2.75) is 92.0 Å². The van der Waals surface area contributed by atoms with Crippen LogP contribution in [-0.2, 0) is 25.4 Å². The lowest BCUT2D eigenvalue weighted by atomic mass is 9.98. The summed E-state index contributed by atoms with van der Waals surface area (Å²) in [5, 5.41) is 10.3. The Morgan fingerprint density at radius 3 is 1.65 bits per heavy atom. The lowest BCUT2D eigenvalue weighted by molar-refractivity contribution is -0.136. The van der Waals surface area contributed by atoms with Crippen molar-refractivity contribution in [3.8, 4) is 0 Å². The Morgan fingerprint density at radius 2 is 1.21 bits per heavy atom. The van der Waals surface area contributed by atoms with Crippen LogP contribution in [0.25, 0.3) is 11.0 Å². The summed E-state index contributed by atoms with van der Waals surface area (Å²) in [6, 6.07) is 0.880. The minimum Gasteiger partial charge on any atom is -0.423 e. The molecule has 0 saturated carbocycles. The van der Waals surface area contributed by atoms with E-state index in [9.17, 15) is 37.1 Å². The predicted octanol–water partition coefficient (Wildman–Crippen LogP) is 4.36. The largest absolute Gasteiger partial charge is 0.423 e. The van der Waals surface area contributed by atoms with Crippen LogP contribution in [0.3, 0.4) is 0 Å². The molecule has 0 aliphatic carbocycles. The van der Waals surface area contributed by atoms with Crippen LogP contribution in [0.4, 0.5) is 18.9 Å². The molecule has 10 nitrogen and oxygen atoms in total. The predicted molar refractivity (Wildman–Crippen MR) is 156 cm³/mol. The van der Waals surface area contributed by atoms with Gasteiger partial charge in [0.1, 0.15) is 23.7 Å². The molecule has 3 unspecified atom stereocenters. The molecule has 0 spiro atoms. The number of amides is 4. The zero-order valence-corrected chi connectivity index (χ0v) is 25.5. The van der Waals surface area contributed by atoms with E-state index in [-0.39, 0.29) is 53.2 Å². The molecule has 2 rings (SSSR count). The summed E-state index contributed by atoms with van der Waals surface area (Å²) in [4.78, 5) is 63.2. The van der Waals surface area contributed by atoms with Gasteiger partial charge < -0.3 is 25.7 Å². The second-order valence-electron chi connectivity index (χ2n) is 11.9. The number of hydrogen-bond donors (Lipinski definition) is 4. The van der Waals surface area contributed by atoms with E-state index in [0.717, 1.165) is 12.1 Å². The number of halogens is 3. The van der Waals surface area contributed by atoms with E-state index >= 15 is 0 Å². The highest BCUT2D eigenvalue weighted by Gasteiger charge is 2.34. The highest BCUT2D eigenvalue weighted by Crippen LogP contribution is 2.34. The Hall–Kier alpha value is -3.90. The standard InChI is InChI=1S/C30H41F3N4O6/c1-15(2)10-22(34-18(7)38)28(41)37-24(12-17(5)6)29(42)36-23(11-16(3)4)27(40)35-19-8-9-20-21(30(31,32)33)14-26(39)43-25(20)13-19/h8-9,13-17,22-24H,10-12H2,1-7H3,(H,34,38)(H,35,40)(H,36,42)(H,37,41). The molecule has 1 heterocycles. The molecular weight excluding hydrogens is 569 g/mol. The molecular formula is C30H41F3N4O6. The molecule has 13 heteroatoms. The van der Waals surface area contributed by atoms with Crippen LogP contribution in [0.5, 0.6) is 0 Å². The highest BCUT2D eigenvalue weighted by molar-refractivity contribution is 6.00. The van der Waals surface area contributed by atoms with E-state index in [1.165, 1.54) is 13.0 Å². The average molecular weight is 611 g/mol. The fourth-order valence-electron chi connectivity index (χ4n) is 4.60. The van der Waals surface area contributed by atoms with Gasteiger partial charge in [-0.1, -0.05) is 41.5 Å². The first kappa shape index (κ1) is 35.3. The van der Waals surface area contributed by atoms with Crippen molar-refractivity contribution in [3.05, 3.63) is 40.2 Å². The lowest BCUT2D eigenvalue weighted by Crippen LogP contribution is -2.56. The molecule has 4 amide bonds. The van der Waals surface area contributed by atoms with Crippen LogP contribution >= 0.6 is 0 Å².